The Labute approximate surface area is 148 Å². The number of imidazole rings is 1. The zero-order chi connectivity index (χ0) is 17.8. The molecule has 2 N–H and O–H groups in total. The van der Waals surface area contributed by atoms with Gasteiger partial charge in [-0.05, 0) is 30.8 Å². The summed E-state index contributed by atoms with van der Waals surface area (Å²) in [5.74, 6) is 0.895. The molecule has 5 heteroatoms. The quantitative estimate of drug-likeness (QED) is 0.772. The molecular weight excluding hydrogens is 312 g/mol. The van der Waals surface area contributed by atoms with Gasteiger partial charge in [0.2, 0.25) is 0 Å². The van der Waals surface area contributed by atoms with E-state index < -0.39 is 0 Å². The lowest BCUT2D eigenvalue weighted by Crippen LogP contribution is -2.24. The predicted octanol–water partition coefficient (Wildman–Crippen LogP) is 3.19. The van der Waals surface area contributed by atoms with E-state index in [4.69, 9.17) is 4.98 Å². The van der Waals surface area contributed by atoms with E-state index in [1.807, 2.05) is 39.1 Å². The normalized spacial score (nSPS) is 13.0. The SMILES string of the molecule is CC.CNCc1cccc(-c2nc3cccc4c3n2CCNC4=O)c1. The van der Waals surface area contributed by atoms with Crippen molar-refractivity contribution in [1.82, 2.24) is 20.2 Å². The zero-order valence-corrected chi connectivity index (χ0v) is 15.0. The Morgan fingerprint density at radius 2 is 2.00 bits per heavy atom. The first-order chi connectivity index (χ1) is 12.3. The monoisotopic (exact) mass is 336 g/mol. The van der Waals surface area contributed by atoms with Crippen molar-refractivity contribution in [2.45, 2.75) is 26.9 Å². The summed E-state index contributed by atoms with van der Waals surface area (Å²) in [5.41, 5.74) is 4.79. The maximum atomic E-state index is 12.2. The molecule has 0 saturated heterocycles. The molecule has 4 rings (SSSR count). The number of hydrogen-bond acceptors (Lipinski definition) is 3. The van der Waals surface area contributed by atoms with Crippen LogP contribution in [-0.4, -0.2) is 29.1 Å². The largest absolute Gasteiger partial charge is 0.350 e. The van der Waals surface area contributed by atoms with Crippen molar-refractivity contribution in [1.29, 1.82) is 0 Å². The van der Waals surface area contributed by atoms with Gasteiger partial charge in [-0.2, -0.15) is 0 Å². The Kier molecular flexibility index (Phi) is 5.14. The fraction of sp³-hybridized carbons (Fsp3) is 0.300. The second-order valence-corrected chi connectivity index (χ2v) is 5.75. The molecule has 2 aromatic carbocycles. The van der Waals surface area contributed by atoms with E-state index in [0.29, 0.717) is 12.1 Å². The Hall–Kier alpha value is -2.66. The van der Waals surface area contributed by atoms with Gasteiger partial charge < -0.3 is 15.2 Å². The van der Waals surface area contributed by atoms with Gasteiger partial charge in [-0.3, -0.25) is 4.79 Å². The number of para-hydroxylation sites is 1. The van der Waals surface area contributed by atoms with Crippen LogP contribution in [-0.2, 0) is 13.1 Å². The molecule has 0 unspecified atom stereocenters. The molecule has 0 aliphatic carbocycles. The van der Waals surface area contributed by atoms with Gasteiger partial charge in [0.15, 0.2) is 0 Å². The third-order valence-corrected chi connectivity index (χ3v) is 4.20. The molecule has 25 heavy (non-hydrogen) atoms. The number of nitrogens with one attached hydrogen (secondary N) is 2. The van der Waals surface area contributed by atoms with Crippen LogP contribution in [0, 0.1) is 0 Å². The Bertz CT molecular complexity index is 898. The minimum Gasteiger partial charge on any atom is -0.350 e. The fourth-order valence-corrected chi connectivity index (χ4v) is 3.21. The van der Waals surface area contributed by atoms with E-state index >= 15 is 0 Å². The van der Waals surface area contributed by atoms with Gasteiger partial charge in [-0.1, -0.05) is 38.1 Å². The van der Waals surface area contributed by atoms with E-state index in [1.165, 1.54) is 5.56 Å². The van der Waals surface area contributed by atoms with Crippen LogP contribution in [0.15, 0.2) is 42.5 Å². The van der Waals surface area contributed by atoms with Crippen LogP contribution < -0.4 is 10.6 Å². The zero-order valence-electron chi connectivity index (χ0n) is 15.0. The molecule has 1 aliphatic heterocycles. The highest BCUT2D eigenvalue weighted by Gasteiger charge is 2.21. The number of aromatic nitrogens is 2. The minimum absolute atomic E-state index is 0.0234. The summed E-state index contributed by atoms with van der Waals surface area (Å²) in [6, 6.07) is 14.1. The van der Waals surface area contributed by atoms with Crippen LogP contribution in [0.3, 0.4) is 0 Å². The molecule has 1 amide bonds. The summed E-state index contributed by atoms with van der Waals surface area (Å²) in [4.78, 5) is 17.0. The Morgan fingerprint density at radius 3 is 2.80 bits per heavy atom. The number of benzene rings is 2. The average molecular weight is 336 g/mol. The number of hydrogen-bond donors (Lipinski definition) is 2. The van der Waals surface area contributed by atoms with Crippen molar-refractivity contribution in [3.8, 4) is 11.4 Å². The van der Waals surface area contributed by atoms with Crippen molar-refractivity contribution in [2.75, 3.05) is 13.6 Å². The molecule has 130 valence electrons. The lowest BCUT2D eigenvalue weighted by molar-refractivity contribution is 0.0956. The van der Waals surface area contributed by atoms with Gasteiger partial charge in [-0.25, -0.2) is 4.98 Å². The third-order valence-electron chi connectivity index (χ3n) is 4.20. The van der Waals surface area contributed by atoms with Crippen molar-refractivity contribution < 1.29 is 4.79 Å². The highest BCUT2D eigenvalue weighted by molar-refractivity contribution is 6.06. The van der Waals surface area contributed by atoms with E-state index in [0.717, 1.165) is 35.5 Å². The molecule has 0 fully saturated rings. The van der Waals surface area contributed by atoms with Crippen LogP contribution in [0.1, 0.15) is 29.8 Å². The molecular formula is C20H24N4O. The van der Waals surface area contributed by atoms with Crippen molar-refractivity contribution in [3.05, 3.63) is 53.6 Å². The van der Waals surface area contributed by atoms with Crippen LogP contribution >= 0.6 is 0 Å². The average Bonchev–Trinajstić information content (AvgIpc) is 2.93. The van der Waals surface area contributed by atoms with Crippen LogP contribution in [0.4, 0.5) is 0 Å². The number of carbonyl (C=O) groups excluding carboxylic acids is 1. The van der Waals surface area contributed by atoms with E-state index in [9.17, 15) is 4.79 Å². The van der Waals surface area contributed by atoms with Gasteiger partial charge in [0.05, 0.1) is 16.6 Å². The summed E-state index contributed by atoms with van der Waals surface area (Å²) in [5, 5.41) is 6.12. The lowest BCUT2D eigenvalue weighted by atomic mass is 10.1. The molecule has 5 nitrogen and oxygen atoms in total. The Balaban J connectivity index is 0.000000880. The molecule has 3 aromatic rings. The van der Waals surface area contributed by atoms with Gasteiger partial charge in [0.1, 0.15) is 5.82 Å². The summed E-state index contributed by atoms with van der Waals surface area (Å²) in [7, 11) is 1.94. The van der Waals surface area contributed by atoms with Crippen LogP contribution in [0.25, 0.3) is 22.4 Å². The number of rotatable bonds is 3. The smallest absolute Gasteiger partial charge is 0.253 e. The number of amides is 1. The minimum atomic E-state index is -0.0234. The Morgan fingerprint density at radius 1 is 1.20 bits per heavy atom. The van der Waals surface area contributed by atoms with Crippen molar-refractivity contribution in [2.24, 2.45) is 0 Å². The van der Waals surface area contributed by atoms with Gasteiger partial charge in [0.25, 0.3) is 5.91 Å². The van der Waals surface area contributed by atoms with Gasteiger partial charge in [-0.15, -0.1) is 0 Å². The summed E-state index contributed by atoms with van der Waals surface area (Å²) in [6.45, 7) is 6.16. The first kappa shape index (κ1) is 17.2. The topological polar surface area (TPSA) is 59.0 Å². The molecule has 0 radical (unpaired) electrons. The highest BCUT2D eigenvalue weighted by atomic mass is 16.1. The van der Waals surface area contributed by atoms with E-state index in [-0.39, 0.29) is 5.91 Å². The highest BCUT2D eigenvalue weighted by Crippen LogP contribution is 2.28. The van der Waals surface area contributed by atoms with Crippen LogP contribution in [0.2, 0.25) is 0 Å². The second kappa shape index (κ2) is 7.49. The number of nitrogens with zero attached hydrogens (tertiary/aromatic N) is 2. The first-order valence-corrected chi connectivity index (χ1v) is 8.79. The van der Waals surface area contributed by atoms with E-state index in [1.54, 1.807) is 0 Å². The lowest BCUT2D eigenvalue weighted by Gasteiger charge is -2.08. The molecule has 0 atom stereocenters. The number of carbonyl (C=O) groups is 1. The van der Waals surface area contributed by atoms with Gasteiger partial charge in [0, 0.05) is 25.2 Å². The molecule has 0 bridgehead atoms. The van der Waals surface area contributed by atoms with E-state index in [2.05, 4.69) is 39.5 Å². The second-order valence-electron chi connectivity index (χ2n) is 5.75. The van der Waals surface area contributed by atoms with Crippen LogP contribution in [0.5, 0.6) is 0 Å². The molecule has 1 aliphatic rings. The maximum absolute atomic E-state index is 12.2. The van der Waals surface area contributed by atoms with Crippen molar-refractivity contribution >= 4 is 16.9 Å². The fourth-order valence-electron chi connectivity index (χ4n) is 3.21. The first-order valence-electron chi connectivity index (χ1n) is 8.79. The molecule has 0 spiro atoms. The predicted molar refractivity (Wildman–Crippen MR) is 102 cm³/mol. The standard InChI is InChI=1S/C18H18N4O.C2H6/c1-19-11-12-4-2-5-13(10-12)17-21-15-7-3-6-14-16(15)22(17)9-8-20-18(14)23;1-2/h2-7,10,19H,8-9,11H2,1H3,(H,20,23);1-2H3. The summed E-state index contributed by atoms with van der Waals surface area (Å²) >= 11 is 0. The molecule has 0 saturated carbocycles. The molecule has 1 aromatic heterocycles. The molecule has 2 heterocycles. The summed E-state index contributed by atoms with van der Waals surface area (Å²) < 4.78 is 2.15. The van der Waals surface area contributed by atoms with Gasteiger partial charge >= 0.3 is 0 Å². The maximum Gasteiger partial charge on any atom is 0.253 e. The van der Waals surface area contributed by atoms with Crippen molar-refractivity contribution in [3.63, 3.8) is 0 Å². The third kappa shape index (κ3) is 3.15. The summed E-state index contributed by atoms with van der Waals surface area (Å²) in [6.07, 6.45) is 0.